The second-order valence-electron chi connectivity index (χ2n) is 4.65. The van der Waals surface area contributed by atoms with Crippen LogP contribution >= 0.6 is 0 Å². The van der Waals surface area contributed by atoms with Crippen LogP contribution in [0.15, 0.2) is 0 Å². The Kier molecular flexibility index (Phi) is 6.96. The normalized spacial score (nSPS) is 21.2. The standard InChI is InChI=1S/C12H26N2O2/c1-3-14-6-4-11(5-7-14)8-13-9-12(15)10-16-2/h11-13,15H,3-10H2,1-2H3. The van der Waals surface area contributed by atoms with Crippen LogP contribution in [0.4, 0.5) is 0 Å². The molecule has 1 unspecified atom stereocenters. The molecule has 0 aromatic carbocycles. The molecule has 0 bridgehead atoms. The summed E-state index contributed by atoms with van der Waals surface area (Å²) in [6.45, 7) is 7.93. The molecule has 1 atom stereocenters. The van der Waals surface area contributed by atoms with Crippen molar-refractivity contribution in [2.45, 2.75) is 25.9 Å². The molecule has 96 valence electrons. The van der Waals surface area contributed by atoms with Crippen LogP contribution < -0.4 is 5.32 Å². The Morgan fingerprint density at radius 2 is 2.12 bits per heavy atom. The third-order valence-electron chi connectivity index (χ3n) is 3.33. The molecule has 1 aliphatic heterocycles. The molecule has 0 aromatic rings. The number of hydrogen-bond donors (Lipinski definition) is 2. The van der Waals surface area contributed by atoms with Gasteiger partial charge >= 0.3 is 0 Å². The lowest BCUT2D eigenvalue weighted by molar-refractivity contribution is 0.0632. The lowest BCUT2D eigenvalue weighted by atomic mass is 9.97. The topological polar surface area (TPSA) is 44.7 Å². The second-order valence-corrected chi connectivity index (χ2v) is 4.65. The Morgan fingerprint density at radius 1 is 1.44 bits per heavy atom. The highest BCUT2D eigenvalue weighted by molar-refractivity contribution is 4.73. The number of ether oxygens (including phenoxy) is 1. The molecule has 1 saturated heterocycles. The van der Waals surface area contributed by atoms with Gasteiger partial charge in [0.2, 0.25) is 0 Å². The van der Waals surface area contributed by atoms with Crippen molar-refractivity contribution >= 4 is 0 Å². The van der Waals surface area contributed by atoms with Crippen LogP contribution in [0.5, 0.6) is 0 Å². The fraction of sp³-hybridized carbons (Fsp3) is 1.00. The van der Waals surface area contributed by atoms with E-state index in [0.29, 0.717) is 13.2 Å². The molecule has 16 heavy (non-hydrogen) atoms. The van der Waals surface area contributed by atoms with Gasteiger partial charge in [0, 0.05) is 13.7 Å². The van der Waals surface area contributed by atoms with Crippen LogP contribution in [0.3, 0.4) is 0 Å². The van der Waals surface area contributed by atoms with E-state index in [4.69, 9.17) is 4.74 Å². The maximum atomic E-state index is 9.46. The number of hydrogen-bond acceptors (Lipinski definition) is 4. The summed E-state index contributed by atoms with van der Waals surface area (Å²) < 4.78 is 4.88. The molecule has 2 N–H and O–H groups in total. The second kappa shape index (κ2) is 8.01. The number of methoxy groups -OCH3 is 1. The van der Waals surface area contributed by atoms with Crippen molar-refractivity contribution in [2.24, 2.45) is 5.92 Å². The van der Waals surface area contributed by atoms with Crippen LogP contribution in [0.1, 0.15) is 19.8 Å². The molecule has 0 spiro atoms. The molecule has 0 aliphatic carbocycles. The Morgan fingerprint density at radius 3 is 2.69 bits per heavy atom. The molecule has 4 nitrogen and oxygen atoms in total. The number of nitrogens with one attached hydrogen (secondary N) is 1. The van der Waals surface area contributed by atoms with Crippen LogP contribution in [-0.4, -0.2) is 62.6 Å². The zero-order valence-corrected chi connectivity index (χ0v) is 10.6. The number of likely N-dealkylation sites (tertiary alicyclic amines) is 1. The third-order valence-corrected chi connectivity index (χ3v) is 3.33. The molecule has 0 amide bonds. The monoisotopic (exact) mass is 230 g/mol. The summed E-state index contributed by atoms with van der Waals surface area (Å²) >= 11 is 0. The average molecular weight is 230 g/mol. The highest BCUT2D eigenvalue weighted by Crippen LogP contribution is 2.15. The van der Waals surface area contributed by atoms with Gasteiger partial charge in [-0.1, -0.05) is 6.92 Å². The molecule has 0 radical (unpaired) electrons. The predicted molar refractivity (Wildman–Crippen MR) is 65.6 cm³/mol. The summed E-state index contributed by atoms with van der Waals surface area (Å²) in [4.78, 5) is 2.50. The van der Waals surface area contributed by atoms with E-state index in [9.17, 15) is 5.11 Å². The van der Waals surface area contributed by atoms with E-state index in [0.717, 1.165) is 12.5 Å². The minimum Gasteiger partial charge on any atom is -0.389 e. The van der Waals surface area contributed by atoms with Gasteiger partial charge in [0.15, 0.2) is 0 Å². The van der Waals surface area contributed by atoms with E-state index in [-0.39, 0.29) is 6.10 Å². The molecule has 1 heterocycles. The maximum absolute atomic E-state index is 9.46. The van der Waals surface area contributed by atoms with E-state index >= 15 is 0 Å². The minimum absolute atomic E-state index is 0.374. The van der Waals surface area contributed by atoms with Crippen molar-refractivity contribution < 1.29 is 9.84 Å². The van der Waals surface area contributed by atoms with Crippen molar-refractivity contribution in [3.05, 3.63) is 0 Å². The van der Waals surface area contributed by atoms with Crippen molar-refractivity contribution in [1.82, 2.24) is 10.2 Å². The molecule has 1 aliphatic rings. The fourth-order valence-electron chi connectivity index (χ4n) is 2.21. The van der Waals surface area contributed by atoms with Crippen LogP contribution in [0, 0.1) is 5.92 Å². The van der Waals surface area contributed by atoms with Gasteiger partial charge in [-0.2, -0.15) is 0 Å². The van der Waals surface area contributed by atoms with E-state index < -0.39 is 0 Å². The van der Waals surface area contributed by atoms with Gasteiger partial charge in [0.05, 0.1) is 12.7 Å². The van der Waals surface area contributed by atoms with Crippen LogP contribution in [0.2, 0.25) is 0 Å². The predicted octanol–water partition coefficient (Wildman–Crippen LogP) is 0.315. The van der Waals surface area contributed by atoms with E-state index in [1.807, 2.05) is 0 Å². The highest BCUT2D eigenvalue weighted by Gasteiger charge is 2.17. The van der Waals surface area contributed by atoms with Gasteiger partial charge in [-0.3, -0.25) is 0 Å². The largest absolute Gasteiger partial charge is 0.389 e. The highest BCUT2D eigenvalue weighted by atomic mass is 16.5. The summed E-state index contributed by atoms with van der Waals surface area (Å²) in [5.41, 5.74) is 0. The summed E-state index contributed by atoms with van der Waals surface area (Å²) in [6.07, 6.45) is 2.18. The van der Waals surface area contributed by atoms with Gasteiger partial charge in [0.1, 0.15) is 0 Å². The minimum atomic E-state index is -0.374. The Hall–Kier alpha value is -0.160. The third kappa shape index (κ3) is 5.25. The van der Waals surface area contributed by atoms with E-state index in [1.165, 1.54) is 32.5 Å². The van der Waals surface area contributed by atoms with E-state index in [1.54, 1.807) is 7.11 Å². The summed E-state index contributed by atoms with van der Waals surface area (Å²) in [5.74, 6) is 0.776. The van der Waals surface area contributed by atoms with Gasteiger partial charge in [-0.25, -0.2) is 0 Å². The molecular weight excluding hydrogens is 204 g/mol. The first-order valence-corrected chi connectivity index (χ1v) is 6.36. The number of piperidine rings is 1. The number of nitrogens with zero attached hydrogens (tertiary/aromatic N) is 1. The Bertz CT molecular complexity index is 170. The lowest BCUT2D eigenvalue weighted by Crippen LogP contribution is -2.39. The smallest absolute Gasteiger partial charge is 0.0897 e. The first-order valence-electron chi connectivity index (χ1n) is 6.36. The Labute approximate surface area is 99.0 Å². The number of rotatable bonds is 7. The average Bonchev–Trinajstić information content (AvgIpc) is 2.30. The SMILES string of the molecule is CCN1CCC(CNCC(O)COC)CC1. The quantitative estimate of drug-likeness (QED) is 0.661. The van der Waals surface area contributed by atoms with Crippen LogP contribution in [0.25, 0.3) is 0 Å². The zero-order chi connectivity index (χ0) is 11.8. The molecule has 0 aromatic heterocycles. The maximum Gasteiger partial charge on any atom is 0.0897 e. The fourth-order valence-corrected chi connectivity index (χ4v) is 2.21. The van der Waals surface area contributed by atoms with Gasteiger partial charge in [-0.05, 0) is 44.9 Å². The molecule has 1 fully saturated rings. The van der Waals surface area contributed by atoms with Crippen molar-refractivity contribution in [2.75, 3.05) is 46.4 Å². The van der Waals surface area contributed by atoms with Gasteiger partial charge < -0.3 is 20.1 Å². The lowest BCUT2D eigenvalue weighted by Gasteiger charge is -2.31. The summed E-state index contributed by atoms with van der Waals surface area (Å²) in [7, 11) is 1.61. The summed E-state index contributed by atoms with van der Waals surface area (Å²) in [6, 6.07) is 0. The van der Waals surface area contributed by atoms with Crippen molar-refractivity contribution in [3.8, 4) is 0 Å². The van der Waals surface area contributed by atoms with Crippen molar-refractivity contribution in [1.29, 1.82) is 0 Å². The first kappa shape index (κ1) is 13.9. The van der Waals surface area contributed by atoms with E-state index in [2.05, 4.69) is 17.1 Å². The Balaban J connectivity index is 2.02. The van der Waals surface area contributed by atoms with Gasteiger partial charge in [0.25, 0.3) is 0 Å². The first-order chi connectivity index (χ1) is 7.76. The van der Waals surface area contributed by atoms with Gasteiger partial charge in [-0.15, -0.1) is 0 Å². The number of aliphatic hydroxyl groups excluding tert-OH is 1. The molecule has 1 rings (SSSR count). The summed E-state index contributed by atoms with van der Waals surface area (Å²) in [5, 5.41) is 12.8. The molecular formula is C12H26N2O2. The number of aliphatic hydroxyl groups is 1. The van der Waals surface area contributed by atoms with Crippen molar-refractivity contribution in [3.63, 3.8) is 0 Å². The molecule has 4 heteroatoms. The molecule has 0 saturated carbocycles. The zero-order valence-electron chi connectivity index (χ0n) is 10.6. The van der Waals surface area contributed by atoms with Crippen LogP contribution in [-0.2, 0) is 4.74 Å².